The first-order chi connectivity index (χ1) is 25.6. The molecule has 4 aromatic rings. The van der Waals surface area contributed by atoms with Crippen LogP contribution in [0.5, 0.6) is 0 Å². The Morgan fingerprint density at radius 2 is 0.654 bits per heavy atom. The highest BCUT2D eigenvalue weighted by molar-refractivity contribution is 5.20. The van der Waals surface area contributed by atoms with E-state index in [4.69, 9.17) is 19.9 Å². The second-order valence-electron chi connectivity index (χ2n) is 13.8. The van der Waals surface area contributed by atoms with Crippen molar-refractivity contribution in [3.63, 3.8) is 0 Å². The summed E-state index contributed by atoms with van der Waals surface area (Å²) in [6, 6.07) is 17.7. The second kappa shape index (κ2) is 23.9. The number of pyridine rings is 4. The lowest BCUT2D eigenvalue weighted by Gasteiger charge is -2.27. The summed E-state index contributed by atoms with van der Waals surface area (Å²) in [6.07, 6.45) is 28.4. The molecule has 0 spiro atoms. The molecule has 52 heavy (non-hydrogen) atoms. The molecule has 274 valence electrons. The Morgan fingerprint density at radius 3 is 0.885 bits per heavy atom. The molecule has 6 heteroatoms. The molecular weight excluding hydrogens is 637 g/mol. The van der Waals surface area contributed by atoms with Gasteiger partial charge in [-0.05, 0) is 148 Å². The van der Waals surface area contributed by atoms with Crippen LogP contribution in [0.1, 0.15) is 96.4 Å². The fourth-order valence-corrected chi connectivity index (χ4v) is 6.51. The highest BCUT2D eigenvalue weighted by Gasteiger charge is 2.16. The predicted octanol–water partition coefficient (Wildman–Crippen LogP) is 10.0. The van der Waals surface area contributed by atoms with Gasteiger partial charge >= 0.3 is 0 Å². The van der Waals surface area contributed by atoms with Crippen molar-refractivity contribution in [2.24, 2.45) is 0 Å². The average molecular weight is 697 g/mol. The highest BCUT2D eigenvalue weighted by atomic mass is 15.2. The van der Waals surface area contributed by atoms with Crippen molar-refractivity contribution in [2.45, 2.75) is 103 Å². The Bertz CT molecular complexity index is 1420. The summed E-state index contributed by atoms with van der Waals surface area (Å²) in [4.78, 5) is 24.3. The minimum atomic E-state index is 0.750. The molecule has 6 nitrogen and oxygen atoms in total. The molecule has 4 rings (SSSR count). The lowest BCUT2D eigenvalue weighted by Crippen LogP contribution is -2.35. The third-order valence-electron chi connectivity index (χ3n) is 9.29. The molecule has 0 aliphatic rings. The number of rotatable bonds is 27. The van der Waals surface area contributed by atoms with Gasteiger partial charge in [-0.15, -0.1) is 26.3 Å². The summed E-state index contributed by atoms with van der Waals surface area (Å²) in [5.74, 6) is 0. The van der Waals surface area contributed by atoms with Crippen LogP contribution in [0.2, 0.25) is 0 Å². The van der Waals surface area contributed by atoms with Crippen LogP contribution < -0.4 is 0 Å². The van der Waals surface area contributed by atoms with Crippen molar-refractivity contribution in [1.82, 2.24) is 29.7 Å². The van der Waals surface area contributed by atoms with E-state index in [0.29, 0.717) is 0 Å². The molecule has 4 aromatic heterocycles. The van der Waals surface area contributed by atoms with Crippen LogP contribution in [0.25, 0.3) is 0 Å². The molecule has 0 bridgehead atoms. The molecule has 0 radical (unpaired) electrons. The molecule has 0 fully saturated rings. The van der Waals surface area contributed by atoms with Crippen LogP contribution in [-0.4, -0.2) is 42.8 Å². The van der Waals surface area contributed by atoms with E-state index in [9.17, 15) is 0 Å². The summed E-state index contributed by atoms with van der Waals surface area (Å²) in [5.41, 5.74) is 9.67. The smallest absolute Gasteiger partial charge is 0.0546 e. The van der Waals surface area contributed by atoms with Gasteiger partial charge in [0.05, 0.1) is 22.8 Å². The number of unbranched alkanes of at least 4 members (excludes halogenated alkanes) is 4. The minimum absolute atomic E-state index is 0.750. The van der Waals surface area contributed by atoms with E-state index in [0.717, 1.165) is 139 Å². The van der Waals surface area contributed by atoms with Gasteiger partial charge in [0.25, 0.3) is 0 Å². The molecular formula is C46H60N6. The van der Waals surface area contributed by atoms with Gasteiger partial charge in [-0.25, -0.2) is 0 Å². The van der Waals surface area contributed by atoms with Crippen molar-refractivity contribution in [1.29, 1.82) is 0 Å². The van der Waals surface area contributed by atoms with Gasteiger partial charge in [-0.1, -0.05) is 24.3 Å². The maximum atomic E-state index is 4.82. The zero-order valence-corrected chi connectivity index (χ0v) is 31.5. The van der Waals surface area contributed by atoms with Crippen molar-refractivity contribution >= 4 is 0 Å². The third kappa shape index (κ3) is 15.4. The number of allylic oxidation sites excluding steroid dienone is 4. The zero-order chi connectivity index (χ0) is 36.6. The summed E-state index contributed by atoms with van der Waals surface area (Å²) in [5, 5.41) is 0. The van der Waals surface area contributed by atoms with E-state index in [2.05, 4.69) is 84.6 Å². The van der Waals surface area contributed by atoms with Gasteiger partial charge in [-0.3, -0.25) is 29.7 Å². The monoisotopic (exact) mass is 696 g/mol. The number of hydrogen-bond acceptors (Lipinski definition) is 6. The lowest BCUT2D eigenvalue weighted by molar-refractivity contribution is 0.178. The Hall–Kier alpha value is -4.52. The van der Waals surface area contributed by atoms with Crippen LogP contribution in [0.15, 0.2) is 124 Å². The molecule has 0 saturated heterocycles. The van der Waals surface area contributed by atoms with E-state index in [1.807, 2.05) is 49.1 Å². The number of hydrogen-bond donors (Lipinski definition) is 0. The lowest BCUT2D eigenvalue weighted by atomic mass is 10.1. The van der Waals surface area contributed by atoms with Gasteiger partial charge in [0.1, 0.15) is 0 Å². The Balaban J connectivity index is 1.56. The van der Waals surface area contributed by atoms with Crippen molar-refractivity contribution in [2.75, 3.05) is 13.1 Å². The molecule has 0 amide bonds. The number of aryl methyl sites for hydroxylation is 4. The van der Waals surface area contributed by atoms with Gasteiger partial charge in [0.2, 0.25) is 0 Å². The van der Waals surface area contributed by atoms with E-state index >= 15 is 0 Å². The SMILES string of the molecule is C=CCCCc1ccnc(CN(CCN(Cc2cc(CCCC=C)ccn2)Cc2cc(CCCC=C)ccn2)Cc2cc(CCCC=C)ccn2)c1. The first kappa shape index (κ1) is 40.3. The van der Waals surface area contributed by atoms with E-state index in [-0.39, 0.29) is 0 Å². The Morgan fingerprint density at radius 1 is 0.404 bits per heavy atom. The van der Waals surface area contributed by atoms with Gasteiger partial charge in [0.15, 0.2) is 0 Å². The summed E-state index contributed by atoms with van der Waals surface area (Å²) < 4.78 is 0. The second-order valence-corrected chi connectivity index (χ2v) is 13.8. The molecule has 0 saturated carbocycles. The molecule has 0 N–H and O–H groups in total. The zero-order valence-electron chi connectivity index (χ0n) is 31.5. The van der Waals surface area contributed by atoms with Gasteiger partial charge < -0.3 is 0 Å². The normalized spacial score (nSPS) is 11.2. The van der Waals surface area contributed by atoms with Crippen LogP contribution >= 0.6 is 0 Å². The summed E-state index contributed by atoms with van der Waals surface area (Å²) >= 11 is 0. The first-order valence-electron chi connectivity index (χ1n) is 19.2. The number of nitrogens with zero attached hydrogens (tertiary/aromatic N) is 6. The maximum Gasteiger partial charge on any atom is 0.0546 e. The standard InChI is InChI=1S/C46H60N6/c1-5-9-13-17-39-21-25-47-43(31-39)35-51(36-44-32-40(22-26-48-44)18-14-10-6-2)29-30-52(37-45-33-41(23-27-49-45)19-15-11-7-3)38-46-34-42(24-28-50-46)20-16-12-8-4/h5-8,21-28,31-34H,1-4,9-20,29-30,35-38H2. The van der Waals surface area contributed by atoms with E-state index < -0.39 is 0 Å². The Labute approximate surface area is 314 Å². The molecule has 0 aliphatic carbocycles. The van der Waals surface area contributed by atoms with Crippen LogP contribution in [0.3, 0.4) is 0 Å². The third-order valence-corrected chi connectivity index (χ3v) is 9.29. The van der Waals surface area contributed by atoms with Crippen LogP contribution in [-0.2, 0) is 51.9 Å². The fourth-order valence-electron chi connectivity index (χ4n) is 6.51. The molecule has 0 aliphatic heterocycles. The topological polar surface area (TPSA) is 58.0 Å². The van der Waals surface area contributed by atoms with Crippen molar-refractivity contribution < 1.29 is 0 Å². The molecule has 4 heterocycles. The summed E-state index contributed by atoms with van der Waals surface area (Å²) in [7, 11) is 0. The van der Waals surface area contributed by atoms with E-state index in [1.54, 1.807) is 0 Å². The summed E-state index contributed by atoms with van der Waals surface area (Å²) in [6.45, 7) is 20.3. The minimum Gasteiger partial charge on any atom is -0.290 e. The average Bonchev–Trinajstić information content (AvgIpc) is 3.15. The maximum absolute atomic E-state index is 4.82. The fraction of sp³-hybridized carbons (Fsp3) is 0.391. The predicted molar refractivity (Wildman–Crippen MR) is 218 cm³/mol. The largest absolute Gasteiger partial charge is 0.290 e. The van der Waals surface area contributed by atoms with Crippen LogP contribution in [0.4, 0.5) is 0 Å². The van der Waals surface area contributed by atoms with Gasteiger partial charge in [0, 0.05) is 64.1 Å². The highest BCUT2D eigenvalue weighted by Crippen LogP contribution is 2.17. The van der Waals surface area contributed by atoms with Crippen molar-refractivity contribution in [3.8, 4) is 0 Å². The van der Waals surface area contributed by atoms with Crippen LogP contribution in [0, 0.1) is 0 Å². The quantitative estimate of drug-likeness (QED) is 0.0457. The number of aromatic nitrogens is 4. The van der Waals surface area contributed by atoms with Gasteiger partial charge in [-0.2, -0.15) is 0 Å². The molecule has 0 atom stereocenters. The first-order valence-corrected chi connectivity index (χ1v) is 19.2. The molecule has 0 unspecified atom stereocenters. The van der Waals surface area contributed by atoms with E-state index in [1.165, 1.54) is 22.3 Å². The Kier molecular flexibility index (Phi) is 18.5. The molecule has 0 aromatic carbocycles. The van der Waals surface area contributed by atoms with Crippen molar-refractivity contribution in [3.05, 3.63) is 169 Å².